The summed E-state index contributed by atoms with van der Waals surface area (Å²) in [6.45, 7) is 2.59. The minimum absolute atomic E-state index is 0.336. The van der Waals surface area contributed by atoms with Crippen LogP contribution in [0.5, 0.6) is 0 Å². The van der Waals surface area contributed by atoms with Crippen LogP contribution in [0.15, 0.2) is 0 Å². The molecule has 0 aliphatic heterocycles. The zero-order valence-corrected chi connectivity index (χ0v) is 9.21. The van der Waals surface area contributed by atoms with E-state index in [1.54, 1.807) is 0 Å². The predicted molar refractivity (Wildman–Crippen MR) is 58.2 cm³/mol. The van der Waals surface area contributed by atoms with Crippen LogP contribution in [0.25, 0.3) is 0 Å². The van der Waals surface area contributed by atoms with E-state index in [4.69, 9.17) is 5.11 Å². The van der Waals surface area contributed by atoms with E-state index in [-0.39, 0.29) is 0 Å². The van der Waals surface area contributed by atoms with Crippen LogP contribution < -0.4 is 5.32 Å². The lowest BCUT2D eigenvalue weighted by molar-refractivity contribution is 0.264. The summed E-state index contributed by atoms with van der Waals surface area (Å²) in [5.74, 6) is 2.00. The molecule has 82 valence electrons. The van der Waals surface area contributed by atoms with Crippen LogP contribution in [0.4, 0.5) is 0 Å². The van der Waals surface area contributed by atoms with Crippen molar-refractivity contribution in [1.29, 1.82) is 0 Å². The summed E-state index contributed by atoms with van der Waals surface area (Å²) in [4.78, 5) is 0. The summed E-state index contributed by atoms with van der Waals surface area (Å²) in [5.41, 5.74) is 0. The molecule has 0 radical (unpaired) electrons. The van der Waals surface area contributed by atoms with Gasteiger partial charge in [0.1, 0.15) is 0 Å². The van der Waals surface area contributed by atoms with Crippen LogP contribution in [-0.4, -0.2) is 23.8 Å². The maximum atomic E-state index is 8.75. The predicted octanol–water partition coefficient (Wildman–Crippen LogP) is 1.93. The first-order valence-corrected chi connectivity index (χ1v) is 6.16. The van der Waals surface area contributed by atoms with Crippen molar-refractivity contribution >= 4 is 0 Å². The molecule has 2 aliphatic carbocycles. The van der Waals surface area contributed by atoms with Gasteiger partial charge in [-0.15, -0.1) is 0 Å². The topological polar surface area (TPSA) is 32.3 Å². The van der Waals surface area contributed by atoms with Gasteiger partial charge in [0.25, 0.3) is 0 Å². The Kier molecular flexibility index (Phi) is 3.45. The number of aliphatic hydroxyl groups is 1. The third kappa shape index (κ3) is 2.29. The van der Waals surface area contributed by atoms with E-state index in [9.17, 15) is 0 Å². The molecule has 2 N–H and O–H groups in total. The average Bonchev–Trinajstić information content (AvgIpc) is 2.76. The van der Waals surface area contributed by atoms with Crippen molar-refractivity contribution in [2.75, 3.05) is 6.61 Å². The Morgan fingerprint density at radius 1 is 1.36 bits per heavy atom. The van der Waals surface area contributed by atoms with Crippen LogP contribution in [0.3, 0.4) is 0 Å². The molecule has 2 nitrogen and oxygen atoms in total. The van der Waals surface area contributed by atoms with E-state index in [0.717, 1.165) is 30.7 Å². The van der Waals surface area contributed by atoms with Gasteiger partial charge in [-0.2, -0.15) is 0 Å². The van der Waals surface area contributed by atoms with Crippen molar-refractivity contribution in [1.82, 2.24) is 5.32 Å². The first-order valence-electron chi connectivity index (χ1n) is 6.16. The number of rotatable bonds is 5. The molecule has 0 amide bonds. The molecule has 2 heteroatoms. The molecule has 2 bridgehead atoms. The van der Waals surface area contributed by atoms with Crippen LogP contribution in [0.1, 0.15) is 45.4 Å². The Balaban J connectivity index is 1.70. The second-order valence-corrected chi connectivity index (χ2v) is 5.21. The smallest absolute Gasteiger partial charge is 0.0431 e. The molecule has 4 unspecified atom stereocenters. The second-order valence-electron chi connectivity index (χ2n) is 5.21. The molecule has 0 aromatic rings. The fraction of sp³-hybridized carbons (Fsp3) is 1.00. The molecule has 0 aromatic heterocycles. The quantitative estimate of drug-likeness (QED) is 0.706. The highest BCUT2D eigenvalue weighted by Gasteiger charge is 2.39. The van der Waals surface area contributed by atoms with Crippen molar-refractivity contribution in [2.24, 2.45) is 11.8 Å². The highest BCUT2D eigenvalue weighted by molar-refractivity contribution is 4.94. The Hall–Kier alpha value is -0.0800. The van der Waals surface area contributed by atoms with E-state index in [0.29, 0.717) is 12.6 Å². The van der Waals surface area contributed by atoms with Crippen LogP contribution in [0, 0.1) is 11.8 Å². The minimum atomic E-state index is 0.336. The van der Waals surface area contributed by atoms with Gasteiger partial charge in [0.05, 0.1) is 0 Å². The Morgan fingerprint density at radius 3 is 2.79 bits per heavy atom. The lowest BCUT2D eigenvalue weighted by atomic mass is 9.94. The number of fused-ring (bicyclic) bond motifs is 2. The van der Waals surface area contributed by atoms with E-state index in [1.807, 2.05) is 0 Å². The Morgan fingerprint density at radius 2 is 2.21 bits per heavy atom. The highest BCUT2D eigenvalue weighted by atomic mass is 16.2. The third-order valence-electron chi connectivity index (χ3n) is 4.03. The van der Waals surface area contributed by atoms with E-state index in [1.165, 1.54) is 25.7 Å². The number of hydrogen-bond donors (Lipinski definition) is 2. The highest BCUT2D eigenvalue weighted by Crippen LogP contribution is 2.44. The molecule has 0 aromatic carbocycles. The zero-order valence-electron chi connectivity index (χ0n) is 9.21. The van der Waals surface area contributed by atoms with E-state index >= 15 is 0 Å². The first-order chi connectivity index (χ1) is 6.79. The van der Waals surface area contributed by atoms with Gasteiger partial charge in [-0.05, 0) is 50.9 Å². The summed E-state index contributed by atoms with van der Waals surface area (Å²) >= 11 is 0. The van der Waals surface area contributed by atoms with Crippen LogP contribution in [-0.2, 0) is 0 Å². The summed E-state index contributed by atoms with van der Waals surface area (Å²) in [6.07, 6.45) is 7.88. The van der Waals surface area contributed by atoms with E-state index < -0.39 is 0 Å². The summed E-state index contributed by atoms with van der Waals surface area (Å²) in [7, 11) is 0. The van der Waals surface area contributed by atoms with Gasteiger partial charge >= 0.3 is 0 Å². The van der Waals surface area contributed by atoms with Crippen molar-refractivity contribution in [3.8, 4) is 0 Å². The number of hydrogen-bond acceptors (Lipinski definition) is 2. The van der Waals surface area contributed by atoms with Crippen molar-refractivity contribution < 1.29 is 5.11 Å². The molecule has 0 spiro atoms. The SMILES string of the molecule is CC(CCCO)NC1CC2CCC1C2. The second kappa shape index (κ2) is 4.63. The molecular weight excluding hydrogens is 174 g/mol. The molecule has 4 atom stereocenters. The van der Waals surface area contributed by atoms with Gasteiger partial charge in [-0.25, -0.2) is 0 Å². The molecule has 14 heavy (non-hydrogen) atoms. The lowest BCUT2D eigenvalue weighted by Crippen LogP contribution is -2.39. The van der Waals surface area contributed by atoms with Crippen molar-refractivity contribution in [3.05, 3.63) is 0 Å². The first kappa shape index (κ1) is 10.4. The Bertz CT molecular complexity index is 183. The van der Waals surface area contributed by atoms with Gasteiger partial charge in [-0.1, -0.05) is 6.42 Å². The average molecular weight is 197 g/mol. The summed E-state index contributed by atoms with van der Waals surface area (Å²) in [5, 5.41) is 12.5. The summed E-state index contributed by atoms with van der Waals surface area (Å²) < 4.78 is 0. The lowest BCUT2D eigenvalue weighted by Gasteiger charge is -2.26. The monoisotopic (exact) mass is 197 g/mol. The number of aliphatic hydroxyl groups excluding tert-OH is 1. The van der Waals surface area contributed by atoms with Gasteiger partial charge < -0.3 is 10.4 Å². The third-order valence-corrected chi connectivity index (χ3v) is 4.03. The van der Waals surface area contributed by atoms with Crippen molar-refractivity contribution in [2.45, 2.75) is 57.5 Å². The van der Waals surface area contributed by atoms with Gasteiger partial charge in [-0.3, -0.25) is 0 Å². The molecule has 2 aliphatic rings. The molecule has 0 heterocycles. The molecule has 2 rings (SSSR count). The number of nitrogens with one attached hydrogen (secondary N) is 1. The zero-order chi connectivity index (χ0) is 9.97. The van der Waals surface area contributed by atoms with Gasteiger partial charge in [0.15, 0.2) is 0 Å². The maximum absolute atomic E-state index is 8.75. The van der Waals surface area contributed by atoms with Crippen LogP contribution in [0.2, 0.25) is 0 Å². The molecule has 2 saturated carbocycles. The maximum Gasteiger partial charge on any atom is 0.0431 e. The van der Waals surface area contributed by atoms with Gasteiger partial charge in [0, 0.05) is 18.7 Å². The fourth-order valence-electron chi connectivity index (χ4n) is 3.30. The molecule has 0 saturated heterocycles. The summed E-state index contributed by atoms with van der Waals surface area (Å²) in [6, 6.07) is 1.38. The van der Waals surface area contributed by atoms with E-state index in [2.05, 4.69) is 12.2 Å². The molecular formula is C12H23NO. The van der Waals surface area contributed by atoms with Crippen LogP contribution >= 0.6 is 0 Å². The van der Waals surface area contributed by atoms with Gasteiger partial charge in [0.2, 0.25) is 0 Å². The fourth-order valence-corrected chi connectivity index (χ4v) is 3.30. The molecule has 2 fully saturated rings. The van der Waals surface area contributed by atoms with Crippen molar-refractivity contribution in [3.63, 3.8) is 0 Å². The minimum Gasteiger partial charge on any atom is -0.396 e. The standard InChI is InChI=1S/C12H23NO/c1-9(3-2-6-14)13-12-8-10-4-5-11(12)7-10/h9-14H,2-8H2,1H3. The Labute approximate surface area is 87.1 Å². The normalized spacial score (nSPS) is 37.7. The largest absolute Gasteiger partial charge is 0.396 e.